The summed E-state index contributed by atoms with van der Waals surface area (Å²) in [4.78, 5) is 22.8. The van der Waals surface area contributed by atoms with Gasteiger partial charge in [0.15, 0.2) is 0 Å². The predicted octanol–water partition coefficient (Wildman–Crippen LogP) is 2.93. The van der Waals surface area contributed by atoms with E-state index in [2.05, 4.69) is 15.3 Å². The second-order valence-corrected chi connectivity index (χ2v) is 6.23. The normalized spacial score (nSPS) is 11.4. The van der Waals surface area contributed by atoms with Crippen LogP contribution in [0.4, 0.5) is 5.69 Å². The Balaban J connectivity index is 2.53. The van der Waals surface area contributed by atoms with Crippen LogP contribution in [0.2, 0.25) is 5.02 Å². The second-order valence-electron chi connectivity index (χ2n) is 5.05. The number of rotatable bonds is 5. The average Bonchev–Trinajstić information content (AvgIpc) is 2.54. The molecule has 126 valence electrons. The highest BCUT2D eigenvalue weighted by Gasteiger charge is 2.14. The van der Waals surface area contributed by atoms with Gasteiger partial charge in [0.1, 0.15) is 5.69 Å². The van der Waals surface area contributed by atoms with E-state index in [1.54, 1.807) is 6.26 Å². The molecule has 8 nitrogen and oxygen atoms in total. The third kappa shape index (κ3) is 3.80. The molecule has 0 saturated heterocycles. The summed E-state index contributed by atoms with van der Waals surface area (Å²) in [7, 11) is 0. The summed E-state index contributed by atoms with van der Waals surface area (Å²) >= 11 is 7.24. The summed E-state index contributed by atoms with van der Waals surface area (Å²) in [6.07, 6.45) is 3.03. The minimum atomic E-state index is -0.530. The van der Waals surface area contributed by atoms with E-state index in [4.69, 9.17) is 11.6 Å². The standard InChI is InChI=1S/C14H14ClN5O3S/c1-8(2)12-13(21)19(14(24-3)18-17-12)16-7-9-6-10(20(22)23)4-5-11(9)15/h4-8H,1-3H3. The molecule has 0 saturated carbocycles. The highest BCUT2D eigenvalue weighted by atomic mass is 35.5. The zero-order valence-corrected chi connectivity index (χ0v) is 14.7. The highest BCUT2D eigenvalue weighted by Crippen LogP contribution is 2.20. The molecule has 0 N–H and O–H groups in total. The molecule has 1 heterocycles. The molecule has 1 aromatic carbocycles. The van der Waals surface area contributed by atoms with Crippen molar-refractivity contribution in [2.75, 3.05) is 6.26 Å². The number of benzene rings is 1. The molecular formula is C14H14ClN5O3S. The average molecular weight is 368 g/mol. The van der Waals surface area contributed by atoms with Crippen LogP contribution in [0.3, 0.4) is 0 Å². The van der Waals surface area contributed by atoms with Crippen molar-refractivity contribution in [3.8, 4) is 0 Å². The molecule has 0 spiro atoms. The van der Waals surface area contributed by atoms with Gasteiger partial charge in [0.05, 0.1) is 11.1 Å². The molecule has 0 aliphatic rings. The monoisotopic (exact) mass is 367 g/mol. The minimum Gasteiger partial charge on any atom is -0.265 e. The molecule has 0 unspecified atom stereocenters. The maximum atomic E-state index is 12.5. The van der Waals surface area contributed by atoms with E-state index in [9.17, 15) is 14.9 Å². The Kier molecular flexibility index (Phi) is 5.68. The first-order valence-electron chi connectivity index (χ1n) is 6.87. The van der Waals surface area contributed by atoms with Gasteiger partial charge in [-0.3, -0.25) is 14.9 Å². The Bertz CT molecular complexity index is 866. The molecule has 0 fully saturated rings. The Morgan fingerprint density at radius 3 is 2.71 bits per heavy atom. The molecule has 2 aromatic rings. The van der Waals surface area contributed by atoms with Crippen LogP contribution in [-0.4, -0.2) is 32.3 Å². The predicted molar refractivity (Wildman–Crippen MR) is 93.3 cm³/mol. The van der Waals surface area contributed by atoms with Crippen molar-refractivity contribution in [1.82, 2.24) is 14.9 Å². The molecule has 0 atom stereocenters. The van der Waals surface area contributed by atoms with Crippen LogP contribution in [0.25, 0.3) is 0 Å². The zero-order chi connectivity index (χ0) is 17.9. The van der Waals surface area contributed by atoms with E-state index in [-0.39, 0.29) is 27.9 Å². The van der Waals surface area contributed by atoms with E-state index in [1.807, 2.05) is 13.8 Å². The number of thioether (sulfide) groups is 1. The summed E-state index contributed by atoms with van der Waals surface area (Å²) in [6.45, 7) is 3.66. The molecule has 0 aliphatic heterocycles. The zero-order valence-electron chi connectivity index (χ0n) is 13.1. The highest BCUT2D eigenvalue weighted by molar-refractivity contribution is 7.98. The van der Waals surface area contributed by atoms with E-state index >= 15 is 0 Å². The van der Waals surface area contributed by atoms with Gasteiger partial charge in [-0.1, -0.05) is 37.2 Å². The molecule has 24 heavy (non-hydrogen) atoms. The molecule has 0 bridgehead atoms. The summed E-state index contributed by atoms with van der Waals surface area (Å²) in [5, 5.41) is 23.5. The fraction of sp³-hybridized carbons (Fsp3) is 0.286. The van der Waals surface area contributed by atoms with Crippen LogP contribution in [0.15, 0.2) is 33.3 Å². The minimum absolute atomic E-state index is 0.108. The lowest BCUT2D eigenvalue weighted by atomic mass is 10.1. The third-order valence-electron chi connectivity index (χ3n) is 3.07. The Labute approximate surface area is 146 Å². The number of hydrogen-bond donors (Lipinski definition) is 0. The topological polar surface area (TPSA) is 103 Å². The van der Waals surface area contributed by atoms with E-state index < -0.39 is 4.92 Å². The van der Waals surface area contributed by atoms with Crippen LogP contribution >= 0.6 is 23.4 Å². The van der Waals surface area contributed by atoms with Gasteiger partial charge in [0.2, 0.25) is 5.16 Å². The number of non-ortho nitro benzene ring substituents is 1. The van der Waals surface area contributed by atoms with Gasteiger partial charge in [0, 0.05) is 28.6 Å². The van der Waals surface area contributed by atoms with Crippen LogP contribution in [-0.2, 0) is 0 Å². The number of nitro benzene ring substituents is 1. The Morgan fingerprint density at radius 2 is 2.12 bits per heavy atom. The van der Waals surface area contributed by atoms with Crippen LogP contribution < -0.4 is 5.56 Å². The number of nitro groups is 1. The first-order chi connectivity index (χ1) is 11.3. The maximum Gasteiger partial charge on any atom is 0.297 e. The van der Waals surface area contributed by atoms with Crippen molar-refractivity contribution >= 4 is 35.3 Å². The van der Waals surface area contributed by atoms with Gasteiger partial charge in [-0.25, -0.2) is 0 Å². The Hall–Kier alpha value is -2.26. The van der Waals surface area contributed by atoms with Gasteiger partial charge >= 0.3 is 0 Å². The summed E-state index contributed by atoms with van der Waals surface area (Å²) in [5.74, 6) is -0.108. The van der Waals surface area contributed by atoms with E-state index in [0.717, 1.165) is 4.68 Å². The lowest BCUT2D eigenvalue weighted by Gasteiger charge is -2.07. The second kappa shape index (κ2) is 7.54. The quantitative estimate of drug-likeness (QED) is 0.348. The van der Waals surface area contributed by atoms with E-state index in [1.165, 1.54) is 36.2 Å². The smallest absolute Gasteiger partial charge is 0.265 e. The summed E-state index contributed by atoms with van der Waals surface area (Å²) in [5.41, 5.74) is 0.110. The van der Waals surface area contributed by atoms with Crippen molar-refractivity contribution in [2.24, 2.45) is 5.10 Å². The number of nitrogens with zero attached hydrogens (tertiary/aromatic N) is 5. The van der Waals surface area contributed by atoms with Crippen molar-refractivity contribution in [2.45, 2.75) is 24.9 Å². The fourth-order valence-corrected chi connectivity index (χ4v) is 2.42. The largest absolute Gasteiger partial charge is 0.297 e. The van der Waals surface area contributed by atoms with Gasteiger partial charge in [0.25, 0.3) is 11.2 Å². The fourth-order valence-electron chi connectivity index (χ4n) is 1.83. The third-order valence-corrected chi connectivity index (χ3v) is 4.03. The van der Waals surface area contributed by atoms with Crippen molar-refractivity contribution < 1.29 is 4.92 Å². The Morgan fingerprint density at radius 1 is 1.42 bits per heavy atom. The maximum absolute atomic E-state index is 12.5. The van der Waals surface area contributed by atoms with Gasteiger partial charge in [-0.2, -0.15) is 9.78 Å². The molecule has 0 radical (unpaired) electrons. The molecule has 0 amide bonds. The van der Waals surface area contributed by atoms with E-state index in [0.29, 0.717) is 10.7 Å². The number of halogens is 1. The first kappa shape index (κ1) is 18.1. The number of aromatic nitrogens is 3. The molecule has 1 aromatic heterocycles. The van der Waals surface area contributed by atoms with Crippen molar-refractivity contribution in [3.05, 3.63) is 54.9 Å². The lowest BCUT2D eigenvalue weighted by Crippen LogP contribution is -2.26. The van der Waals surface area contributed by atoms with Crippen LogP contribution in [0.5, 0.6) is 0 Å². The number of hydrogen-bond acceptors (Lipinski definition) is 7. The molecule has 0 aliphatic carbocycles. The van der Waals surface area contributed by atoms with Gasteiger partial charge < -0.3 is 0 Å². The van der Waals surface area contributed by atoms with Gasteiger partial charge in [-0.15, -0.1) is 10.2 Å². The summed E-state index contributed by atoms with van der Waals surface area (Å²) < 4.78 is 1.11. The molecule has 10 heteroatoms. The molecule has 2 rings (SSSR count). The van der Waals surface area contributed by atoms with Gasteiger partial charge in [-0.05, 0) is 12.3 Å². The van der Waals surface area contributed by atoms with Crippen LogP contribution in [0, 0.1) is 10.1 Å². The van der Waals surface area contributed by atoms with Crippen molar-refractivity contribution in [1.29, 1.82) is 0 Å². The lowest BCUT2D eigenvalue weighted by molar-refractivity contribution is -0.384. The molecular weight excluding hydrogens is 354 g/mol. The first-order valence-corrected chi connectivity index (χ1v) is 8.47. The SMILES string of the molecule is CSc1nnc(C(C)C)c(=O)n1N=Cc1cc([N+](=O)[O-])ccc1Cl. The summed E-state index contributed by atoms with van der Waals surface area (Å²) in [6, 6.07) is 3.99. The van der Waals surface area contributed by atoms with Crippen LogP contribution in [0.1, 0.15) is 31.0 Å². The van der Waals surface area contributed by atoms with Crippen molar-refractivity contribution in [3.63, 3.8) is 0 Å².